The topological polar surface area (TPSA) is 284 Å². The summed E-state index contributed by atoms with van der Waals surface area (Å²) in [4.78, 5) is 155. The molecule has 4 aliphatic heterocycles. The van der Waals surface area contributed by atoms with Crippen LogP contribution in [0.3, 0.4) is 0 Å². The summed E-state index contributed by atoms with van der Waals surface area (Å²) < 4.78 is 11.6. The fraction of sp³-hybridized carbons (Fsp3) is 0.0824. The largest absolute Gasteiger partial charge is 0.457 e. The molecule has 0 fully saturated rings. The van der Waals surface area contributed by atoms with E-state index in [0.717, 1.165) is 48.5 Å². The highest BCUT2D eigenvalue weighted by Gasteiger charge is 2.39. The first kappa shape index (κ1) is 70.9. The molecular formula is C85H64N8O14. The molecule has 0 aliphatic carbocycles. The zero-order chi connectivity index (χ0) is 75.5. The second-order valence-electron chi connectivity index (χ2n) is 25.6. The van der Waals surface area contributed by atoms with Crippen LogP contribution in [0, 0.1) is 20.8 Å². The average molecular weight is 1420 g/mol. The minimum absolute atomic E-state index is 0.0660. The molecule has 0 saturated heterocycles. The predicted molar refractivity (Wildman–Crippen MR) is 400 cm³/mol. The predicted octanol–water partition coefficient (Wildman–Crippen LogP) is 14.6. The van der Waals surface area contributed by atoms with Crippen molar-refractivity contribution in [3.8, 4) is 23.0 Å². The highest BCUT2D eigenvalue weighted by Crippen LogP contribution is 2.34. The van der Waals surface area contributed by atoms with Crippen LogP contribution in [0.5, 0.6) is 23.0 Å². The number of anilines is 5. The van der Waals surface area contributed by atoms with Gasteiger partial charge in [0.25, 0.3) is 70.9 Å². The highest BCUT2D eigenvalue weighted by molar-refractivity contribution is 6.35. The zero-order valence-corrected chi connectivity index (χ0v) is 58.3. The summed E-state index contributed by atoms with van der Waals surface area (Å²) in [5.74, 6) is -2.69. The second-order valence-corrected chi connectivity index (χ2v) is 25.6. The van der Waals surface area contributed by atoms with Crippen molar-refractivity contribution in [2.45, 2.75) is 27.2 Å². The molecule has 107 heavy (non-hydrogen) atoms. The van der Waals surface area contributed by atoms with Crippen molar-refractivity contribution in [3.63, 3.8) is 0 Å². The van der Waals surface area contributed by atoms with Gasteiger partial charge in [0, 0.05) is 66.1 Å². The molecule has 528 valence electrons. The average Bonchev–Trinajstić information content (AvgIpc) is 2.43. The van der Waals surface area contributed by atoms with Gasteiger partial charge in [0.15, 0.2) is 0 Å². The Morgan fingerprint density at radius 3 is 0.888 bits per heavy atom. The first-order valence-corrected chi connectivity index (χ1v) is 33.5. The Bertz CT molecular complexity index is 5340. The molecule has 0 spiro atoms. The van der Waals surface area contributed by atoms with Crippen LogP contribution in [-0.2, 0) is 6.42 Å². The van der Waals surface area contributed by atoms with Crippen LogP contribution >= 0.6 is 0 Å². The van der Waals surface area contributed by atoms with Gasteiger partial charge >= 0.3 is 0 Å². The summed E-state index contributed by atoms with van der Waals surface area (Å²) in [5.41, 5.74) is 10.8. The third kappa shape index (κ3) is 15.2. The molecule has 0 atom stereocenters. The molecule has 22 heteroatoms. The van der Waals surface area contributed by atoms with Crippen LogP contribution in [0.25, 0.3) is 0 Å². The number of hydrogen-bond donors (Lipinski definition) is 4. The fourth-order valence-electron chi connectivity index (χ4n) is 12.0. The van der Waals surface area contributed by atoms with Gasteiger partial charge in [-0.25, -0.2) is 4.90 Å². The van der Waals surface area contributed by atoms with Gasteiger partial charge < -0.3 is 30.7 Å². The first-order chi connectivity index (χ1) is 51.4. The molecule has 4 aliphatic rings. The molecule has 4 heterocycles. The molecule has 0 unspecified atom stereocenters. The van der Waals surface area contributed by atoms with Gasteiger partial charge in [-0.3, -0.25) is 72.2 Å². The van der Waals surface area contributed by atoms with Crippen LogP contribution < -0.4 is 35.6 Å². The lowest BCUT2D eigenvalue weighted by Crippen LogP contribution is -2.29. The maximum Gasteiger partial charge on any atom is 0.266 e. The van der Waals surface area contributed by atoms with E-state index in [0.29, 0.717) is 56.6 Å². The molecule has 11 aromatic carbocycles. The fourth-order valence-corrected chi connectivity index (χ4v) is 12.0. The number of aryl methyl sites for hydroxylation is 3. The van der Waals surface area contributed by atoms with Crippen molar-refractivity contribution < 1.29 is 67.0 Å². The zero-order valence-electron chi connectivity index (χ0n) is 58.3. The number of rotatable bonds is 15. The molecular weight excluding hydrogens is 1360 g/mol. The molecule has 22 nitrogen and oxygen atoms in total. The number of nitrogens with one attached hydrogen (secondary N) is 4. The van der Waals surface area contributed by atoms with Crippen molar-refractivity contribution in [1.82, 2.24) is 14.7 Å². The van der Waals surface area contributed by atoms with E-state index in [1.165, 1.54) is 105 Å². The van der Waals surface area contributed by atoms with E-state index in [1.54, 1.807) is 72.8 Å². The number of carbonyl (C=O) groups excluding carboxylic acids is 12. The molecule has 0 saturated carbocycles. The van der Waals surface area contributed by atoms with Crippen molar-refractivity contribution in [2.24, 2.45) is 0 Å². The molecule has 12 amide bonds. The molecule has 11 aromatic rings. The van der Waals surface area contributed by atoms with Crippen LogP contribution in [0.2, 0.25) is 0 Å². The Hall–Kier alpha value is -14.5. The van der Waals surface area contributed by atoms with E-state index in [4.69, 9.17) is 9.47 Å². The van der Waals surface area contributed by atoms with E-state index >= 15 is 0 Å². The molecule has 15 rings (SSSR count). The van der Waals surface area contributed by atoms with Gasteiger partial charge in [-0.15, -0.1) is 0 Å². The monoisotopic (exact) mass is 1420 g/mol. The maximum absolute atomic E-state index is 13.5. The Morgan fingerprint density at radius 2 is 0.542 bits per heavy atom. The smallest absolute Gasteiger partial charge is 0.266 e. The number of carbonyl (C=O) groups is 12. The summed E-state index contributed by atoms with van der Waals surface area (Å²) in [6.07, 6.45) is 0.822. The van der Waals surface area contributed by atoms with E-state index in [2.05, 4.69) is 52.5 Å². The summed E-state index contributed by atoms with van der Waals surface area (Å²) in [5, 5.41) is 11.1. The number of hydrogen-bond acceptors (Lipinski definition) is 14. The molecule has 4 N–H and O–H groups in total. The Balaban J connectivity index is 0.000000150. The maximum atomic E-state index is 13.5. The molecule has 0 bridgehead atoms. The molecule has 0 aromatic heterocycles. The van der Waals surface area contributed by atoms with Gasteiger partial charge in [0.05, 0.1) is 50.2 Å². The van der Waals surface area contributed by atoms with Gasteiger partial charge in [-0.1, -0.05) is 83.4 Å². The van der Waals surface area contributed by atoms with E-state index in [-0.39, 0.29) is 85.4 Å². The summed E-state index contributed by atoms with van der Waals surface area (Å²) >= 11 is 0. The summed E-state index contributed by atoms with van der Waals surface area (Å²) in [6.45, 7) is 6.06. The van der Waals surface area contributed by atoms with Crippen LogP contribution in [-0.4, -0.2) is 107 Å². The first-order valence-electron chi connectivity index (χ1n) is 33.5. The molecule has 0 radical (unpaired) electrons. The minimum atomic E-state index is -0.623. The van der Waals surface area contributed by atoms with Crippen molar-refractivity contribution in [3.05, 3.63) is 337 Å². The van der Waals surface area contributed by atoms with Gasteiger partial charge in [-0.05, 0) is 214 Å². The van der Waals surface area contributed by atoms with E-state index in [1.807, 2.05) is 86.6 Å². The SMILES string of the molecule is Cc1ccc(Cc2ccc(NC(=O)c3ccc4c(c3)C(=O)N(C)C4=O)cc2)cc1.Cc1ccc(Oc2ccc(NC(=O)c3ccc4c(c3)C(=O)N(C)C4=O)cc2)cc1.Cc1ccc(Oc2ccc(NC(=O)c3ccc4c(c3)C(=O)N(c3cccc(NC(=O)c5ccc6c(c5)C(=O)N(C)C6=O)c3)C4=O)cc2)cc1. The standard InChI is InChI=1S/C38H26N4O7.C24H20N2O3.C23H18N2O4/c1-21-6-12-27(13-7-21)49-28-14-10-24(11-15-28)39-33(43)23-9-17-30-32(19-23)38(48)42(37(30)47)26-5-3-4-25(20-26)40-34(44)22-8-16-29-31(18-22)36(46)41(2)35(29)45;1-15-3-5-16(6-4-15)13-17-7-10-19(11-8-17)25-22(27)18-9-12-20-21(14-18)24(29)26(2)23(20)28;1-14-3-8-17(9-4-14)29-18-10-6-16(7-11-18)24-21(26)15-5-12-19-20(13-15)23(28)25(2)22(19)27/h3-20H,1-2H3,(H,39,43)(H,40,44);3-12,14H,13H2,1-2H3,(H,25,27);3-13H,1-2H3,(H,24,26). The highest BCUT2D eigenvalue weighted by atomic mass is 16.5. The van der Waals surface area contributed by atoms with Gasteiger partial charge in [0.1, 0.15) is 23.0 Å². The number of ether oxygens (including phenoxy) is 2. The van der Waals surface area contributed by atoms with Crippen LogP contribution in [0.1, 0.15) is 152 Å². The van der Waals surface area contributed by atoms with Crippen LogP contribution in [0.15, 0.2) is 243 Å². The Labute approximate surface area is 612 Å². The number of nitrogens with zero attached hydrogens (tertiary/aromatic N) is 4. The second kappa shape index (κ2) is 29.8. The van der Waals surface area contributed by atoms with Gasteiger partial charge in [0.2, 0.25) is 0 Å². The van der Waals surface area contributed by atoms with E-state index < -0.39 is 41.4 Å². The van der Waals surface area contributed by atoms with E-state index in [9.17, 15) is 57.5 Å². The normalized spacial score (nSPS) is 13.0. The van der Waals surface area contributed by atoms with Crippen LogP contribution in [0.4, 0.5) is 28.4 Å². The summed E-state index contributed by atoms with van der Waals surface area (Å²) in [6, 6.07) is 69.0. The lowest BCUT2D eigenvalue weighted by molar-refractivity contribution is 0.0677. The number of fused-ring (bicyclic) bond motifs is 4. The number of benzene rings is 11. The third-order valence-corrected chi connectivity index (χ3v) is 18.0. The minimum Gasteiger partial charge on any atom is -0.457 e. The lowest BCUT2D eigenvalue weighted by atomic mass is 10.0. The number of amides is 12. The Kier molecular flexibility index (Phi) is 19.7. The van der Waals surface area contributed by atoms with Crippen molar-refractivity contribution in [1.29, 1.82) is 0 Å². The summed E-state index contributed by atoms with van der Waals surface area (Å²) in [7, 11) is 4.22. The van der Waals surface area contributed by atoms with Crippen molar-refractivity contribution in [2.75, 3.05) is 47.3 Å². The number of imide groups is 4. The lowest BCUT2D eigenvalue weighted by Gasteiger charge is -2.15. The quantitative estimate of drug-likeness (QED) is 0.0695. The van der Waals surface area contributed by atoms with Crippen molar-refractivity contribution >= 4 is 99.3 Å². The van der Waals surface area contributed by atoms with Gasteiger partial charge in [-0.2, -0.15) is 0 Å². The Morgan fingerprint density at radius 1 is 0.280 bits per heavy atom. The third-order valence-electron chi connectivity index (χ3n) is 18.0.